The average Bonchev–Trinajstić information content (AvgIpc) is 3.08. The van der Waals surface area contributed by atoms with Crippen LogP contribution in [0.3, 0.4) is 0 Å². The van der Waals surface area contributed by atoms with Crippen LogP contribution >= 0.6 is 0 Å². The monoisotopic (exact) mass is 395 g/mol. The Bertz CT molecular complexity index is 1260. The number of nitrogens with one attached hydrogen (secondary N) is 2. The molecule has 3 aromatic carbocycles. The van der Waals surface area contributed by atoms with Gasteiger partial charge in [-0.15, -0.1) is 0 Å². The zero-order chi connectivity index (χ0) is 20.5. The molecule has 0 atom stereocenters. The predicted octanol–water partition coefficient (Wildman–Crippen LogP) is 4.90. The number of benzene rings is 3. The van der Waals surface area contributed by atoms with Crippen LogP contribution in [0.5, 0.6) is 0 Å². The molecule has 0 unspecified atom stereocenters. The van der Waals surface area contributed by atoms with Gasteiger partial charge in [-0.1, -0.05) is 30.3 Å². The van der Waals surface area contributed by atoms with Crippen LogP contribution in [0.25, 0.3) is 10.8 Å². The highest BCUT2D eigenvalue weighted by Gasteiger charge is 2.16. The van der Waals surface area contributed by atoms with E-state index in [-0.39, 0.29) is 5.91 Å². The molecule has 1 aliphatic rings. The summed E-state index contributed by atoms with van der Waals surface area (Å²) in [5.41, 5.74) is 3.95. The molecular formula is C24H21N5O. The molecule has 1 aliphatic heterocycles. The molecule has 0 aliphatic carbocycles. The van der Waals surface area contributed by atoms with E-state index in [0.717, 1.165) is 29.3 Å². The van der Waals surface area contributed by atoms with E-state index < -0.39 is 0 Å². The predicted molar refractivity (Wildman–Crippen MR) is 121 cm³/mol. The highest BCUT2D eigenvalue weighted by Crippen LogP contribution is 2.39. The largest absolute Gasteiger partial charge is 0.379 e. The number of amides is 1. The number of rotatable bonds is 3. The van der Waals surface area contributed by atoms with Gasteiger partial charge in [-0.2, -0.15) is 0 Å². The third kappa shape index (κ3) is 3.18. The lowest BCUT2D eigenvalue weighted by molar-refractivity contribution is 0.101. The van der Waals surface area contributed by atoms with Crippen molar-refractivity contribution in [1.82, 2.24) is 9.55 Å². The molecule has 148 valence electrons. The first-order valence-corrected chi connectivity index (χ1v) is 9.81. The maximum absolute atomic E-state index is 12.4. The molecule has 0 spiro atoms. The van der Waals surface area contributed by atoms with Crippen molar-refractivity contribution in [3.05, 3.63) is 91.2 Å². The van der Waals surface area contributed by atoms with Crippen molar-refractivity contribution in [3.63, 3.8) is 0 Å². The quantitative estimate of drug-likeness (QED) is 0.518. The highest BCUT2D eigenvalue weighted by atomic mass is 16.2. The Morgan fingerprint density at radius 2 is 1.90 bits per heavy atom. The Hall–Kier alpha value is -4.06. The molecule has 1 aromatic heterocycles. The molecule has 0 saturated carbocycles. The number of aryl methyl sites for hydroxylation is 1. The van der Waals surface area contributed by atoms with Crippen LogP contribution in [0.4, 0.5) is 22.7 Å². The topological polar surface area (TPSA) is 62.2 Å². The van der Waals surface area contributed by atoms with Crippen molar-refractivity contribution in [2.24, 2.45) is 7.05 Å². The van der Waals surface area contributed by atoms with Gasteiger partial charge in [0.15, 0.2) is 5.82 Å². The number of aromatic nitrogens is 2. The summed E-state index contributed by atoms with van der Waals surface area (Å²) in [7, 11) is 1.80. The van der Waals surface area contributed by atoms with Crippen LogP contribution in [0, 0.1) is 0 Å². The van der Waals surface area contributed by atoms with Crippen molar-refractivity contribution < 1.29 is 4.79 Å². The van der Waals surface area contributed by atoms with Gasteiger partial charge < -0.3 is 20.1 Å². The van der Waals surface area contributed by atoms with Gasteiger partial charge in [-0.05, 0) is 41.8 Å². The first-order valence-electron chi connectivity index (χ1n) is 9.81. The molecule has 6 heteroatoms. The van der Waals surface area contributed by atoms with E-state index in [2.05, 4.69) is 69.2 Å². The average molecular weight is 395 g/mol. The minimum absolute atomic E-state index is 0.231. The van der Waals surface area contributed by atoms with Crippen molar-refractivity contribution in [2.45, 2.75) is 0 Å². The summed E-state index contributed by atoms with van der Waals surface area (Å²) in [6.45, 7) is 0.759. The Morgan fingerprint density at radius 3 is 2.70 bits per heavy atom. The third-order valence-electron chi connectivity index (χ3n) is 5.25. The first-order chi connectivity index (χ1) is 14.7. The summed E-state index contributed by atoms with van der Waals surface area (Å²) < 4.78 is 1.69. The lowest BCUT2D eigenvalue weighted by Gasteiger charge is -2.23. The number of anilines is 4. The fourth-order valence-electron chi connectivity index (χ4n) is 3.75. The van der Waals surface area contributed by atoms with Crippen molar-refractivity contribution in [2.75, 3.05) is 22.1 Å². The normalized spacial score (nSPS) is 12.9. The van der Waals surface area contributed by atoms with E-state index >= 15 is 0 Å². The van der Waals surface area contributed by atoms with E-state index in [4.69, 9.17) is 0 Å². The summed E-state index contributed by atoms with van der Waals surface area (Å²) in [5, 5.41) is 8.83. The van der Waals surface area contributed by atoms with Gasteiger partial charge >= 0.3 is 0 Å². The second-order valence-corrected chi connectivity index (χ2v) is 7.18. The van der Waals surface area contributed by atoms with E-state index in [1.807, 2.05) is 24.3 Å². The Labute approximate surface area is 174 Å². The second-order valence-electron chi connectivity index (χ2n) is 7.18. The van der Waals surface area contributed by atoms with E-state index in [1.54, 1.807) is 24.0 Å². The lowest BCUT2D eigenvalue weighted by atomic mass is 10.1. The molecule has 4 aromatic rings. The molecule has 0 bridgehead atoms. The summed E-state index contributed by atoms with van der Waals surface area (Å²) in [5.74, 6) is 0.146. The maximum Gasteiger partial charge on any atom is 0.291 e. The van der Waals surface area contributed by atoms with Gasteiger partial charge in [-0.3, -0.25) is 4.79 Å². The summed E-state index contributed by atoms with van der Waals surface area (Å²) in [6, 6.07) is 20.5. The van der Waals surface area contributed by atoms with Crippen LogP contribution < -0.4 is 15.5 Å². The van der Waals surface area contributed by atoms with Gasteiger partial charge in [-0.25, -0.2) is 4.98 Å². The fourth-order valence-corrected chi connectivity index (χ4v) is 3.75. The number of imidazole rings is 1. The van der Waals surface area contributed by atoms with Gasteiger partial charge in [0.1, 0.15) is 0 Å². The number of fused-ring (bicyclic) bond motifs is 3. The zero-order valence-electron chi connectivity index (χ0n) is 16.5. The Balaban J connectivity index is 1.45. The van der Waals surface area contributed by atoms with Gasteiger partial charge in [0.05, 0.1) is 11.4 Å². The van der Waals surface area contributed by atoms with E-state index in [1.165, 1.54) is 10.8 Å². The molecule has 0 saturated heterocycles. The maximum atomic E-state index is 12.4. The standard InChI is InChI=1S/C24H21N5O/c1-28-16-14-26-23(28)24(30)27-18-8-10-19(11-9-18)29-15-4-13-25-22-20-6-3-2-5-17(20)7-12-21(22)29/h2-12,14-16,25H,13H2,1H3,(H,27,30). The molecule has 1 amide bonds. The minimum atomic E-state index is -0.231. The van der Waals surface area contributed by atoms with Crippen molar-refractivity contribution in [1.29, 1.82) is 0 Å². The number of carbonyl (C=O) groups is 1. The van der Waals surface area contributed by atoms with E-state index in [9.17, 15) is 4.79 Å². The number of hydrogen-bond donors (Lipinski definition) is 2. The van der Waals surface area contributed by atoms with Crippen LogP contribution in [-0.2, 0) is 7.05 Å². The summed E-state index contributed by atoms with van der Waals surface area (Å²) in [6.07, 6.45) is 7.54. The number of hydrogen-bond acceptors (Lipinski definition) is 4. The second kappa shape index (κ2) is 7.40. The smallest absolute Gasteiger partial charge is 0.291 e. The van der Waals surface area contributed by atoms with Gasteiger partial charge in [0, 0.05) is 48.9 Å². The van der Waals surface area contributed by atoms with Gasteiger partial charge in [0.2, 0.25) is 0 Å². The molecule has 30 heavy (non-hydrogen) atoms. The zero-order valence-corrected chi connectivity index (χ0v) is 16.5. The lowest BCUT2D eigenvalue weighted by Crippen LogP contribution is -2.16. The molecule has 2 N–H and O–H groups in total. The van der Waals surface area contributed by atoms with E-state index in [0.29, 0.717) is 5.82 Å². The summed E-state index contributed by atoms with van der Waals surface area (Å²) in [4.78, 5) is 18.6. The number of nitrogens with zero attached hydrogens (tertiary/aromatic N) is 3. The first kappa shape index (κ1) is 18.0. The Kier molecular flexibility index (Phi) is 4.44. The molecule has 2 heterocycles. The molecule has 6 nitrogen and oxygen atoms in total. The highest BCUT2D eigenvalue weighted by molar-refractivity contribution is 6.03. The molecule has 5 rings (SSSR count). The SMILES string of the molecule is Cn1ccnc1C(=O)Nc1ccc(N2C=CCNc3c2ccc2ccccc32)cc1. The number of carbonyl (C=O) groups excluding carboxylic acids is 1. The van der Waals surface area contributed by atoms with Crippen LogP contribution in [0.2, 0.25) is 0 Å². The van der Waals surface area contributed by atoms with Crippen LogP contribution in [0.15, 0.2) is 85.3 Å². The third-order valence-corrected chi connectivity index (χ3v) is 5.25. The summed E-state index contributed by atoms with van der Waals surface area (Å²) >= 11 is 0. The van der Waals surface area contributed by atoms with Crippen molar-refractivity contribution >= 4 is 39.4 Å². The van der Waals surface area contributed by atoms with Crippen LogP contribution in [0.1, 0.15) is 10.6 Å². The Morgan fingerprint density at radius 1 is 1.07 bits per heavy atom. The fraction of sp³-hybridized carbons (Fsp3) is 0.0833. The molecular weight excluding hydrogens is 374 g/mol. The molecule has 0 radical (unpaired) electrons. The molecule has 0 fully saturated rings. The van der Waals surface area contributed by atoms with Gasteiger partial charge in [0.25, 0.3) is 5.91 Å². The van der Waals surface area contributed by atoms with Crippen molar-refractivity contribution in [3.8, 4) is 0 Å². The minimum Gasteiger partial charge on any atom is -0.379 e. The van der Waals surface area contributed by atoms with Crippen LogP contribution in [-0.4, -0.2) is 22.0 Å².